The number of ketones is 1. The molecule has 0 aliphatic heterocycles. The number of benzene rings is 2. The van der Waals surface area contributed by atoms with E-state index in [1.807, 2.05) is 72.8 Å². The van der Waals surface area contributed by atoms with E-state index in [4.69, 9.17) is 4.74 Å². The Bertz CT molecular complexity index is 1080. The van der Waals surface area contributed by atoms with Crippen molar-refractivity contribution in [2.24, 2.45) is 0 Å². The van der Waals surface area contributed by atoms with E-state index in [-0.39, 0.29) is 12.2 Å². The number of nitrogens with zero attached hydrogens (tertiary/aromatic N) is 2. The highest BCUT2D eigenvalue weighted by Crippen LogP contribution is 2.28. The molecule has 0 fully saturated rings. The van der Waals surface area contributed by atoms with E-state index in [0.717, 1.165) is 22.3 Å². The number of hydrogen-bond acceptors (Lipinski definition) is 4. The van der Waals surface area contributed by atoms with Gasteiger partial charge in [-0.1, -0.05) is 48.5 Å². The number of aromatic nitrogens is 2. The van der Waals surface area contributed by atoms with Gasteiger partial charge in [0.05, 0.1) is 5.56 Å². The van der Waals surface area contributed by atoms with Crippen LogP contribution in [-0.2, 0) is 13.0 Å². The van der Waals surface area contributed by atoms with Crippen molar-refractivity contribution in [3.63, 3.8) is 0 Å². The maximum atomic E-state index is 13.1. The first-order valence-electron chi connectivity index (χ1n) is 9.43. The topological polar surface area (TPSA) is 52.1 Å². The van der Waals surface area contributed by atoms with Crippen molar-refractivity contribution in [1.29, 1.82) is 0 Å². The molecule has 0 radical (unpaired) electrons. The van der Waals surface area contributed by atoms with Crippen LogP contribution in [0.3, 0.4) is 0 Å². The van der Waals surface area contributed by atoms with Crippen LogP contribution < -0.4 is 4.74 Å². The Morgan fingerprint density at radius 2 is 1.52 bits per heavy atom. The average Bonchev–Trinajstić information content (AvgIpc) is 2.79. The number of hydrogen-bond donors (Lipinski definition) is 0. The third kappa shape index (κ3) is 4.74. The quantitative estimate of drug-likeness (QED) is 0.416. The normalized spacial score (nSPS) is 10.5. The Balaban J connectivity index is 1.64. The van der Waals surface area contributed by atoms with E-state index in [1.165, 1.54) is 0 Å². The summed E-state index contributed by atoms with van der Waals surface area (Å²) in [6.45, 7) is 0.403. The SMILES string of the molecule is O=C(Cc1cccnc1)c1cc(-c2cccnc2)ccc1OCc1ccccc1. The largest absolute Gasteiger partial charge is 0.488 e. The van der Waals surface area contributed by atoms with Gasteiger partial charge in [-0.2, -0.15) is 0 Å². The predicted octanol–water partition coefficient (Wildman–Crippen LogP) is 5.15. The van der Waals surface area contributed by atoms with Gasteiger partial charge in [0.1, 0.15) is 12.4 Å². The summed E-state index contributed by atoms with van der Waals surface area (Å²) >= 11 is 0. The van der Waals surface area contributed by atoms with Gasteiger partial charge in [0.25, 0.3) is 0 Å². The van der Waals surface area contributed by atoms with Crippen molar-refractivity contribution in [2.75, 3.05) is 0 Å². The van der Waals surface area contributed by atoms with Crippen molar-refractivity contribution in [3.8, 4) is 16.9 Å². The summed E-state index contributed by atoms with van der Waals surface area (Å²) < 4.78 is 6.02. The molecule has 4 nitrogen and oxygen atoms in total. The zero-order chi connectivity index (χ0) is 19.9. The van der Waals surface area contributed by atoms with Gasteiger partial charge in [-0.05, 0) is 41.0 Å². The molecular formula is C25H20N2O2. The van der Waals surface area contributed by atoms with Crippen LogP contribution in [0.2, 0.25) is 0 Å². The van der Waals surface area contributed by atoms with Gasteiger partial charge < -0.3 is 4.74 Å². The number of ether oxygens (including phenoxy) is 1. The first-order chi connectivity index (χ1) is 14.3. The number of carbonyl (C=O) groups excluding carboxylic acids is 1. The molecule has 0 unspecified atom stereocenters. The molecule has 0 aliphatic carbocycles. The van der Waals surface area contributed by atoms with E-state index in [2.05, 4.69) is 9.97 Å². The number of rotatable bonds is 7. The van der Waals surface area contributed by atoms with E-state index in [9.17, 15) is 4.79 Å². The minimum atomic E-state index is -0.00759. The second-order valence-corrected chi connectivity index (χ2v) is 6.69. The lowest BCUT2D eigenvalue weighted by Crippen LogP contribution is -2.08. The summed E-state index contributed by atoms with van der Waals surface area (Å²) in [5.41, 5.74) is 4.37. The second kappa shape index (κ2) is 8.93. The third-order valence-electron chi connectivity index (χ3n) is 4.60. The van der Waals surface area contributed by atoms with Gasteiger partial charge in [-0.15, -0.1) is 0 Å². The lowest BCUT2D eigenvalue weighted by atomic mass is 9.98. The van der Waals surface area contributed by atoms with E-state index < -0.39 is 0 Å². The lowest BCUT2D eigenvalue weighted by Gasteiger charge is -2.13. The number of carbonyl (C=O) groups is 1. The van der Waals surface area contributed by atoms with Crippen LogP contribution >= 0.6 is 0 Å². The monoisotopic (exact) mass is 380 g/mol. The Morgan fingerprint density at radius 1 is 0.759 bits per heavy atom. The van der Waals surface area contributed by atoms with Crippen LogP contribution in [0.15, 0.2) is 97.6 Å². The molecule has 0 saturated carbocycles. The van der Waals surface area contributed by atoms with E-state index >= 15 is 0 Å². The molecule has 4 heteroatoms. The van der Waals surface area contributed by atoms with E-state index in [0.29, 0.717) is 17.9 Å². The maximum absolute atomic E-state index is 13.1. The first kappa shape index (κ1) is 18.6. The van der Waals surface area contributed by atoms with E-state index in [1.54, 1.807) is 24.8 Å². The first-order valence-corrected chi connectivity index (χ1v) is 9.43. The minimum absolute atomic E-state index is 0.00759. The molecule has 4 aromatic rings. The van der Waals surface area contributed by atoms with Crippen molar-refractivity contribution < 1.29 is 9.53 Å². The molecule has 142 valence electrons. The molecule has 2 aromatic carbocycles. The highest BCUT2D eigenvalue weighted by atomic mass is 16.5. The summed E-state index contributed by atoms with van der Waals surface area (Å²) in [7, 11) is 0. The molecule has 29 heavy (non-hydrogen) atoms. The fourth-order valence-corrected chi connectivity index (χ4v) is 3.11. The smallest absolute Gasteiger partial charge is 0.171 e. The van der Waals surface area contributed by atoms with Crippen LogP contribution in [0.1, 0.15) is 21.5 Å². The highest BCUT2D eigenvalue weighted by Gasteiger charge is 2.15. The van der Waals surface area contributed by atoms with Gasteiger partial charge in [0.2, 0.25) is 0 Å². The Labute approximate surface area is 169 Å². The summed E-state index contributed by atoms with van der Waals surface area (Å²) in [6.07, 6.45) is 7.20. The zero-order valence-corrected chi connectivity index (χ0v) is 15.9. The number of Topliss-reactive ketones (excluding diaryl/α,β-unsaturated/α-hetero) is 1. The molecule has 0 N–H and O–H groups in total. The van der Waals surface area contributed by atoms with Gasteiger partial charge in [-0.3, -0.25) is 14.8 Å². The van der Waals surface area contributed by atoms with Crippen LogP contribution in [0.25, 0.3) is 11.1 Å². The molecule has 0 atom stereocenters. The minimum Gasteiger partial charge on any atom is -0.488 e. The fourth-order valence-electron chi connectivity index (χ4n) is 3.11. The van der Waals surface area contributed by atoms with Crippen molar-refractivity contribution in [1.82, 2.24) is 9.97 Å². The lowest BCUT2D eigenvalue weighted by molar-refractivity contribution is 0.0988. The number of pyridine rings is 2. The molecule has 2 aromatic heterocycles. The van der Waals surface area contributed by atoms with Crippen LogP contribution in [0.4, 0.5) is 0 Å². The average molecular weight is 380 g/mol. The Hall–Kier alpha value is -3.79. The van der Waals surface area contributed by atoms with Crippen LogP contribution in [0.5, 0.6) is 5.75 Å². The van der Waals surface area contributed by atoms with Crippen molar-refractivity contribution >= 4 is 5.78 Å². The summed E-state index contributed by atoms with van der Waals surface area (Å²) in [5, 5.41) is 0. The van der Waals surface area contributed by atoms with Crippen LogP contribution in [0, 0.1) is 0 Å². The maximum Gasteiger partial charge on any atom is 0.171 e. The second-order valence-electron chi connectivity index (χ2n) is 6.69. The molecule has 0 aliphatic rings. The van der Waals surface area contributed by atoms with Gasteiger partial charge in [0, 0.05) is 36.8 Å². The van der Waals surface area contributed by atoms with Gasteiger partial charge in [-0.25, -0.2) is 0 Å². The molecule has 0 spiro atoms. The van der Waals surface area contributed by atoms with Gasteiger partial charge in [0.15, 0.2) is 5.78 Å². The van der Waals surface area contributed by atoms with Crippen LogP contribution in [-0.4, -0.2) is 15.8 Å². The van der Waals surface area contributed by atoms with Crippen molar-refractivity contribution in [2.45, 2.75) is 13.0 Å². The molecule has 4 rings (SSSR count). The fraction of sp³-hybridized carbons (Fsp3) is 0.0800. The standard InChI is InChI=1S/C25H20N2O2/c28-24(14-20-8-4-12-26-16-20)23-15-21(22-9-5-13-27-17-22)10-11-25(23)29-18-19-6-2-1-3-7-19/h1-13,15-17H,14,18H2. The Kier molecular flexibility index (Phi) is 5.72. The molecule has 2 heterocycles. The van der Waals surface area contributed by atoms with Gasteiger partial charge >= 0.3 is 0 Å². The summed E-state index contributed by atoms with van der Waals surface area (Å²) in [5.74, 6) is 0.571. The summed E-state index contributed by atoms with van der Waals surface area (Å²) in [6, 6.07) is 23.2. The molecule has 0 saturated heterocycles. The summed E-state index contributed by atoms with van der Waals surface area (Å²) in [4.78, 5) is 21.4. The predicted molar refractivity (Wildman–Crippen MR) is 113 cm³/mol. The molecular weight excluding hydrogens is 360 g/mol. The molecule has 0 bridgehead atoms. The third-order valence-corrected chi connectivity index (χ3v) is 4.60. The zero-order valence-electron chi connectivity index (χ0n) is 15.9. The highest BCUT2D eigenvalue weighted by molar-refractivity contribution is 6.01. The molecule has 0 amide bonds. The Morgan fingerprint density at radius 3 is 2.24 bits per heavy atom. The van der Waals surface area contributed by atoms with Crippen molar-refractivity contribution in [3.05, 3.63) is 114 Å².